The summed E-state index contributed by atoms with van der Waals surface area (Å²) < 4.78 is 16.6. The van der Waals surface area contributed by atoms with E-state index in [0.29, 0.717) is 55.4 Å². The summed E-state index contributed by atoms with van der Waals surface area (Å²) in [5, 5.41) is 0.930. The molecule has 1 aliphatic rings. The van der Waals surface area contributed by atoms with Crippen LogP contribution in [0.15, 0.2) is 60.9 Å². The average Bonchev–Trinajstić information content (AvgIpc) is 3.29. The van der Waals surface area contributed by atoms with Crippen LogP contribution in [-0.2, 0) is 24.3 Å². The minimum Gasteiger partial charge on any atom is -0.490 e. The third-order valence-corrected chi connectivity index (χ3v) is 6.29. The van der Waals surface area contributed by atoms with Crippen molar-refractivity contribution in [1.82, 2.24) is 14.9 Å². The highest BCUT2D eigenvalue weighted by Gasteiger charge is 2.26. The lowest BCUT2D eigenvalue weighted by Gasteiger charge is -2.27. The van der Waals surface area contributed by atoms with Gasteiger partial charge in [-0.3, -0.25) is 9.78 Å². The van der Waals surface area contributed by atoms with Crippen LogP contribution in [0.25, 0.3) is 10.9 Å². The summed E-state index contributed by atoms with van der Waals surface area (Å²) in [5.41, 5.74) is 5.01. The Labute approximate surface area is 208 Å². The van der Waals surface area contributed by atoms with Gasteiger partial charge in [0.15, 0.2) is 11.5 Å². The van der Waals surface area contributed by atoms with E-state index in [-0.39, 0.29) is 11.9 Å². The molecule has 8 nitrogen and oxygen atoms in total. The lowest BCUT2D eigenvalue weighted by molar-refractivity contribution is 0.0600. The largest absolute Gasteiger partial charge is 0.490 e. The van der Waals surface area contributed by atoms with Crippen LogP contribution in [0.4, 0.5) is 0 Å². The van der Waals surface area contributed by atoms with Crippen molar-refractivity contribution < 1.29 is 23.8 Å². The quantitative estimate of drug-likeness (QED) is 0.387. The fraction of sp³-hybridized carbons (Fsp3) is 0.250. The highest BCUT2D eigenvalue weighted by molar-refractivity contribution is 5.98. The van der Waals surface area contributed by atoms with Crippen molar-refractivity contribution >= 4 is 22.8 Å². The standard InChI is InChI=1S/C28H27N3O5/c1-3-35-26-14-19(7-9-25(26)36-17-18-5-4-11-29-15-18)27(32)31-12-10-24-22(16-31)21-13-20(28(33)34-2)6-8-23(21)30-24/h4-9,11,13-15,30H,3,10,12,16-17H2,1-2H3. The Bertz CT molecular complexity index is 1410. The maximum absolute atomic E-state index is 13.5. The number of fused-ring (bicyclic) bond motifs is 3. The first-order valence-electron chi connectivity index (χ1n) is 11.9. The lowest BCUT2D eigenvalue weighted by Crippen LogP contribution is -2.35. The van der Waals surface area contributed by atoms with Gasteiger partial charge in [-0.15, -0.1) is 0 Å². The summed E-state index contributed by atoms with van der Waals surface area (Å²) in [7, 11) is 1.37. The molecule has 8 heteroatoms. The fourth-order valence-corrected chi connectivity index (χ4v) is 4.49. The second-order valence-corrected chi connectivity index (χ2v) is 8.56. The van der Waals surface area contributed by atoms with Gasteiger partial charge < -0.3 is 24.1 Å². The van der Waals surface area contributed by atoms with Crippen molar-refractivity contribution in [3.05, 3.63) is 88.9 Å². The number of aromatic nitrogens is 2. The van der Waals surface area contributed by atoms with Gasteiger partial charge >= 0.3 is 5.97 Å². The van der Waals surface area contributed by atoms with Crippen molar-refractivity contribution in [1.29, 1.82) is 0 Å². The van der Waals surface area contributed by atoms with E-state index in [2.05, 4.69) is 9.97 Å². The van der Waals surface area contributed by atoms with Gasteiger partial charge in [-0.1, -0.05) is 6.07 Å². The van der Waals surface area contributed by atoms with Gasteiger partial charge in [-0.2, -0.15) is 0 Å². The summed E-state index contributed by atoms with van der Waals surface area (Å²) in [5.74, 6) is 0.633. The van der Waals surface area contributed by atoms with Crippen LogP contribution in [0.3, 0.4) is 0 Å². The lowest BCUT2D eigenvalue weighted by atomic mass is 10.0. The molecule has 0 fully saturated rings. The molecule has 1 N–H and O–H groups in total. The first-order valence-corrected chi connectivity index (χ1v) is 11.9. The molecule has 0 radical (unpaired) electrons. The molecule has 1 amide bonds. The number of ether oxygens (including phenoxy) is 3. The van der Waals surface area contributed by atoms with Crippen molar-refractivity contribution in [3.63, 3.8) is 0 Å². The molecule has 2 aromatic carbocycles. The molecule has 36 heavy (non-hydrogen) atoms. The molecule has 0 saturated heterocycles. The molecule has 0 aliphatic carbocycles. The zero-order chi connectivity index (χ0) is 25.1. The van der Waals surface area contributed by atoms with E-state index in [4.69, 9.17) is 14.2 Å². The number of carbonyl (C=O) groups is 2. The number of methoxy groups -OCH3 is 1. The smallest absolute Gasteiger partial charge is 0.337 e. The predicted molar refractivity (Wildman–Crippen MR) is 134 cm³/mol. The van der Waals surface area contributed by atoms with Gasteiger partial charge in [0.1, 0.15) is 6.61 Å². The molecule has 1 aliphatic heterocycles. The molecule has 5 rings (SSSR count). The third kappa shape index (κ3) is 4.62. The van der Waals surface area contributed by atoms with E-state index in [0.717, 1.165) is 27.7 Å². The molecular formula is C28H27N3O5. The zero-order valence-corrected chi connectivity index (χ0v) is 20.2. The number of hydrogen-bond donors (Lipinski definition) is 1. The van der Waals surface area contributed by atoms with Crippen LogP contribution in [0.5, 0.6) is 11.5 Å². The highest BCUT2D eigenvalue weighted by Crippen LogP contribution is 2.32. The van der Waals surface area contributed by atoms with E-state index in [1.807, 2.05) is 36.1 Å². The van der Waals surface area contributed by atoms with E-state index < -0.39 is 0 Å². The Morgan fingerprint density at radius 3 is 2.69 bits per heavy atom. The summed E-state index contributed by atoms with van der Waals surface area (Å²) in [6, 6.07) is 14.5. The number of benzene rings is 2. The number of amides is 1. The van der Waals surface area contributed by atoms with E-state index in [1.54, 1.807) is 36.7 Å². The Balaban J connectivity index is 1.37. The van der Waals surface area contributed by atoms with Crippen molar-refractivity contribution in [2.45, 2.75) is 26.5 Å². The second kappa shape index (κ2) is 10.1. The van der Waals surface area contributed by atoms with Crippen LogP contribution in [0, 0.1) is 0 Å². The number of nitrogens with one attached hydrogen (secondary N) is 1. The molecule has 0 unspecified atom stereocenters. The minimum atomic E-state index is -0.384. The van der Waals surface area contributed by atoms with E-state index in [1.165, 1.54) is 7.11 Å². The first-order chi connectivity index (χ1) is 17.6. The molecule has 184 valence electrons. The van der Waals surface area contributed by atoms with Crippen LogP contribution in [0.2, 0.25) is 0 Å². The van der Waals surface area contributed by atoms with Gasteiger partial charge in [0.05, 0.1) is 19.3 Å². The Morgan fingerprint density at radius 2 is 1.92 bits per heavy atom. The fourth-order valence-electron chi connectivity index (χ4n) is 4.49. The number of esters is 1. The second-order valence-electron chi connectivity index (χ2n) is 8.56. The molecule has 0 spiro atoms. The average molecular weight is 486 g/mol. The maximum Gasteiger partial charge on any atom is 0.337 e. The number of pyridine rings is 1. The minimum absolute atomic E-state index is 0.0844. The van der Waals surface area contributed by atoms with Crippen LogP contribution in [-0.4, -0.2) is 47.0 Å². The van der Waals surface area contributed by atoms with Gasteiger partial charge in [0.25, 0.3) is 5.91 Å². The summed E-state index contributed by atoms with van der Waals surface area (Å²) in [6.07, 6.45) is 4.17. The Hall–Kier alpha value is -4.33. The van der Waals surface area contributed by atoms with Gasteiger partial charge in [0.2, 0.25) is 0 Å². The third-order valence-electron chi connectivity index (χ3n) is 6.29. The Kier molecular flexibility index (Phi) is 6.58. The van der Waals surface area contributed by atoms with Crippen molar-refractivity contribution in [3.8, 4) is 11.5 Å². The number of nitrogens with zero attached hydrogens (tertiary/aromatic N) is 2. The first kappa shape index (κ1) is 23.4. The van der Waals surface area contributed by atoms with Gasteiger partial charge in [-0.25, -0.2) is 4.79 Å². The topological polar surface area (TPSA) is 93.8 Å². The maximum atomic E-state index is 13.5. The molecule has 2 aromatic heterocycles. The van der Waals surface area contributed by atoms with E-state index >= 15 is 0 Å². The molecule has 0 saturated carbocycles. The van der Waals surface area contributed by atoms with Crippen LogP contribution >= 0.6 is 0 Å². The zero-order valence-electron chi connectivity index (χ0n) is 20.2. The molecular weight excluding hydrogens is 458 g/mol. The number of hydrogen-bond acceptors (Lipinski definition) is 6. The highest BCUT2D eigenvalue weighted by atomic mass is 16.5. The number of aromatic amines is 1. The summed E-state index contributed by atoms with van der Waals surface area (Å²) >= 11 is 0. The normalized spacial score (nSPS) is 12.8. The predicted octanol–water partition coefficient (Wildman–Crippen LogP) is 4.53. The van der Waals surface area contributed by atoms with Crippen LogP contribution in [0.1, 0.15) is 44.5 Å². The van der Waals surface area contributed by atoms with Crippen molar-refractivity contribution in [2.24, 2.45) is 0 Å². The number of carbonyl (C=O) groups excluding carboxylic acids is 2. The summed E-state index contributed by atoms with van der Waals surface area (Å²) in [4.78, 5) is 34.9. The molecule has 0 bridgehead atoms. The van der Waals surface area contributed by atoms with E-state index in [9.17, 15) is 9.59 Å². The van der Waals surface area contributed by atoms with Crippen molar-refractivity contribution in [2.75, 3.05) is 20.3 Å². The van der Waals surface area contributed by atoms with Crippen LogP contribution < -0.4 is 9.47 Å². The molecule has 0 atom stereocenters. The van der Waals surface area contributed by atoms with Gasteiger partial charge in [0, 0.05) is 65.2 Å². The molecule has 3 heterocycles. The monoisotopic (exact) mass is 485 g/mol. The number of rotatable bonds is 7. The van der Waals surface area contributed by atoms with Gasteiger partial charge in [-0.05, 0) is 49.4 Å². The summed E-state index contributed by atoms with van der Waals surface area (Å²) in [6.45, 7) is 3.73. The molecule has 4 aromatic rings. The SMILES string of the molecule is CCOc1cc(C(=O)N2CCc3[nH]c4ccc(C(=O)OC)cc4c3C2)ccc1OCc1cccnc1. The Morgan fingerprint density at radius 1 is 1.06 bits per heavy atom. The number of H-pyrrole nitrogens is 1.